The summed E-state index contributed by atoms with van der Waals surface area (Å²) in [5, 5.41) is 9.71. The van der Waals surface area contributed by atoms with E-state index >= 15 is 0 Å². The van der Waals surface area contributed by atoms with Crippen LogP contribution in [0.25, 0.3) is 0 Å². The van der Waals surface area contributed by atoms with Crippen LogP contribution in [-0.2, 0) is 0 Å². The number of alkyl halides is 2. The predicted molar refractivity (Wildman–Crippen MR) is 53.6 cm³/mol. The van der Waals surface area contributed by atoms with Gasteiger partial charge in [0.25, 0.3) is 6.43 Å². The Hall–Kier alpha value is -0.220. The van der Waals surface area contributed by atoms with Crippen molar-refractivity contribution in [2.24, 2.45) is 0 Å². The number of halogens is 2. The van der Waals surface area contributed by atoms with E-state index in [0.717, 1.165) is 6.42 Å². The van der Waals surface area contributed by atoms with E-state index in [2.05, 4.69) is 0 Å². The van der Waals surface area contributed by atoms with Gasteiger partial charge in [0.15, 0.2) is 0 Å². The molecule has 4 heteroatoms. The van der Waals surface area contributed by atoms with Crippen LogP contribution >= 0.6 is 0 Å². The van der Waals surface area contributed by atoms with Gasteiger partial charge in [0.1, 0.15) is 0 Å². The Morgan fingerprint density at radius 1 is 1.29 bits per heavy atom. The number of hydrogen-bond acceptors (Lipinski definition) is 2. The predicted octanol–water partition coefficient (Wildman–Crippen LogP) is 2.12. The lowest BCUT2D eigenvalue weighted by Crippen LogP contribution is -2.43. The fourth-order valence-corrected chi connectivity index (χ4v) is 1.72. The van der Waals surface area contributed by atoms with Gasteiger partial charge in [-0.05, 0) is 19.9 Å². The molecule has 0 bridgehead atoms. The Morgan fingerprint density at radius 3 is 2.21 bits per heavy atom. The summed E-state index contributed by atoms with van der Waals surface area (Å²) in [6, 6.07) is -0.149. The summed E-state index contributed by atoms with van der Waals surface area (Å²) in [4.78, 5) is 1.55. The van der Waals surface area contributed by atoms with Crippen LogP contribution < -0.4 is 0 Å². The van der Waals surface area contributed by atoms with Crippen LogP contribution in [0.5, 0.6) is 0 Å². The lowest BCUT2D eigenvalue weighted by Gasteiger charge is -2.30. The Balaban J connectivity index is 4.09. The molecule has 0 saturated heterocycles. The van der Waals surface area contributed by atoms with Gasteiger partial charge in [0, 0.05) is 6.04 Å². The summed E-state index contributed by atoms with van der Waals surface area (Å²) in [6.07, 6.45) is -0.576. The quantitative estimate of drug-likeness (QED) is 0.694. The van der Waals surface area contributed by atoms with E-state index in [1.54, 1.807) is 11.9 Å². The number of aliphatic hydroxyl groups is 1. The van der Waals surface area contributed by atoms with Gasteiger partial charge < -0.3 is 5.11 Å². The zero-order chi connectivity index (χ0) is 11.1. The minimum atomic E-state index is -2.33. The van der Waals surface area contributed by atoms with Crippen molar-refractivity contribution in [2.75, 3.05) is 13.6 Å². The van der Waals surface area contributed by atoms with Crippen molar-refractivity contribution in [3.8, 4) is 0 Å². The largest absolute Gasteiger partial charge is 0.391 e. The third kappa shape index (κ3) is 4.86. The highest BCUT2D eigenvalue weighted by Crippen LogP contribution is 2.13. The molecule has 0 spiro atoms. The highest BCUT2D eigenvalue weighted by atomic mass is 19.3. The van der Waals surface area contributed by atoms with Crippen molar-refractivity contribution in [3.05, 3.63) is 0 Å². The molecule has 0 amide bonds. The van der Waals surface area contributed by atoms with Crippen LogP contribution in [0.3, 0.4) is 0 Å². The maximum atomic E-state index is 12.1. The molecule has 0 radical (unpaired) electrons. The van der Waals surface area contributed by atoms with Gasteiger partial charge in [-0.15, -0.1) is 0 Å². The number of likely N-dealkylation sites (N-methyl/N-ethyl adjacent to an activating group) is 1. The molecule has 2 atom stereocenters. The first-order valence-electron chi connectivity index (χ1n) is 5.19. The fourth-order valence-electron chi connectivity index (χ4n) is 1.72. The summed E-state index contributed by atoms with van der Waals surface area (Å²) >= 11 is 0. The lowest BCUT2D eigenvalue weighted by atomic mass is 10.0. The molecule has 0 aliphatic heterocycles. The zero-order valence-electron chi connectivity index (χ0n) is 9.21. The number of hydrogen-bond donors (Lipinski definition) is 1. The van der Waals surface area contributed by atoms with E-state index in [1.807, 2.05) is 13.8 Å². The molecule has 2 nitrogen and oxygen atoms in total. The second kappa shape index (κ2) is 7.12. The van der Waals surface area contributed by atoms with E-state index in [1.165, 1.54) is 0 Å². The van der Waals surface area contributed by atoms with Gasteiger partial charge in [-0.2, -0.15) is 0 Å². The molecule has 2 unspecified atom stereocenters. The molecule has 0 aromatic rings. The molecule has 0 aliphatic rings. The maximum absolute atomic E-state index is 12.1. The second-order valence-corrected chi connectivity index (χ2v) is 3.66. The first-order valence-corrected chi connectivity index (χ1v) is 5.19. The van der Waals surface area contributed by atoms with Crippen molar-refractivity contribution >= 4 is 0 Å². The summed E-state index contributed by atoms with van der Waals surface area (Å²) in [5.74, 6) is 0. The molecule has 1 N–H and O–H groups in total. The highest BCUT2D eigenvalue weighted by molar-refractivity contribution is 4.75. The summed E-state index contributed by atoms with van der Waals surface area (Å²) in [5.41, 5.74) is 0. The average Bonchev–Trinajstić information content (AvgIpc) is 2.04. The molecule has 0 aromatic heterocycles. The van der Waals surface area contributed by atoms with Crippen LogP contribution in [-0.4, -0.2) is 42.2 Å². The van der Waals surface area contributed by atoms with Crippen LogP contribution in [0.2, 0.25) is 0 Å². The Labute approximate surface area is 84.9 Å². The number of aliphatic hydroxyl groups excluding tert-OH is 1. The van der Waals surface area contributed by atoms with E-state index in [9.17, 15) is 13.9 Å². The molecule has 0 fully saturated rings. The minimum absolute atomic E-state index is 0.149. The average molecular weight is 209 g/mol. The monoisotopic (exact) mass is 209 g/mol. The molecule has 0 saturated carbocycles. The number of rotatable bonds is 7. The maximum Gasteiger partial charge on any atom is 0.251 e. The molecular weight excluding hydrogens is 188 g/mol. The normalized spacial score (nSPS) is 16.3. The smallest absolute Gasteiger partial charge is 0.251 e. The van der Waals surface area contributed by atoms with E-state index in [0.29, 0.717) is 12.8 Å². The van der Waals surface area contributed by atoms with E-state index < -0.39 is 12.5 Å². The van der Waals surface area contributed by atoms with Crippen molar-refractivity contribution in [2.45, 2.75) is 51.7 Å². The Kier molecular flexibility index (Phi) is 7.01. The molecule has 0 aliphatic carbocycles. The van der Waals surface area contributed by atoms with Gasteiger partial charge in [0.2, 0.25) is 0 Å². The Morgan fingerprint density at radius 2 is 1.86 bits per heavy atom. The summed E-state index contributed by atoms with van der Waals surface area (Å²) in [7, 11) is 1.64. The molecule has 0 aromatic carbocycles. The van der Waals surface area contributed by atoms with Crippen molar-refractivity contribution < 1.29 is 13.9 Å². The third-order valence-electron chi connectivity index (χ3n) is 2.44. The second-order valence-electron chi connectivity index (χ2n) is 3.66. The van der Waals surface area contributed by atoms with Crippen molar-refractivity contribution in [1.82, 2.24) is 4.90 Å². The first-order chi connectivity index (χ1) is 6.52. The van der Waals surface area contributed by atoms with Gasteiger partial charge in [0.05, 0.1) is 12.6 Å². The molecular formula is C10H21F2NO. The highest BCUT2D eigenvalue weighted by Gasteiger charge is 2.22. The molecule has 86 valence electrons. The minimum Gasteiger partial charge on any atom is -0.391 e. The summed E-state index contributed by atoms with van der Waals surface area (Å²) < 4.78 is 24.2. The standard InChI is InChI=1S/C10H21F2NO/c1-4-6-9(14)8(5-2)13(3)7-10(11)12/h8-10,14H,4-7H2,1-3H3. The van der Waals surface area contributed by atoms with Crippen LogP contribution in [0.4, 0.5) is 8.78 Å². The fraction of sp³-hybridized carbons (Fsp3) is 1.00. The van der Waals surface area contributed by atoms with Gasteiger partial charge in [-0.3, -0.25) is 4.90 Å². The summed E-state index contributed by atoms with van der Waals surface area (Å²) in [6.45, 7) is 3.62. The SMILES string of the molecule is CCCC(O)C(CC)N(C)CC(F)F. The van der Waals surface area contributed by atoms with E-state index in [4.69, 9.17) is 0 Å². The van der Waals surface area contributed by atoms with E-state index in [-0.39, 0.29) is 12.6 Å². The number of nitrogens with zero attached hydrogens (tertiary/aromatic N) is 1. The van der Waals surface area contributed by atoms with Crippen LogP contribution in [0, 0.1) is 0 Å². The van der Waals surface area contributed by atoms with Gasteiger partial charge >= 0.3 is 0 Å². The van der Waals surface area contributed by atoms with Gasteiger partial charge in [-0.1, -0.05) is 20.3 Å². The zero-order valence-corrected chi connectivity index (χ0v) is 9.21. The van der Waals surface area contributed by atoms with Crippen molar-refractivity contribution in [1.29, 1.82) is 0 Å². The van der Waals surface area contributed by atoms with Crippen molar-refractivity contribution in [3.63, 3.8) is 0 Å². The van der Waals surface area contributed by atoms with Crippen LogP contribution in [0.1, 0.15) is 33.1 Å². The topological polar surface area (TPSA) is 23.5 Å². The first kappa shape index (κ1) is 13.8. The van der Waals surface area contributed by atoms with Crippen LogP contribution in [0.15, 0.2) is 0 Å². The third-order valence-corrected chi connectivity index (χ3v) is 2.44. The molecule has 14 heavy (non-hydrogen) atoms. The Bertz CT molecular complexity index is 144. The van der Waals surface area contributed by atoms with Gasteiger partial charge in [-0.25, -0.2) is 8.78 Å². The molecule has 0 rings (SSSR count). The lowest BCUT2D eigenvalue weighted by molar-refractivity contribution is 0.0193. The molecule has 0 heterocycles.